The number of rotatable bonds is 7. The molecule has 1 unspecified atom stereocenters. The van der Waals surface area contributed by atoms with Crippen LogP contribution in [0.5, 0.6) is 0 Å². The van der Waals surface area contributed by atoms with Crippen molar-refractivity contribution in [3.05, 3.63) is 11.9 Å². The summed E-state index contributed by atoms with van der Waals surface area (Å²) >= 11 is 0. The summed E-state index contributed by atoms with van der Waals surface area (Å²) in [4.78, 5) is 8.92. The molecular weight excluding hydrogens is 324 g/mol. The average Bonchev–Trinajstić information content (AvgIpc) is 2.83. The van der Waals surface area contributed by atoms with Gasteiger partial charge in [-0.15, -0.1) is 0 Å². The van der Waals surface area contributed by atoms with Crippen LogP contribution in [0.1, 0.15) is 38.8 Å². The van der Waals surface area contributed by atoms with Crippen LogP contribution in [0, 0.1) is 5.92 Å². The van der Waals surface area contributed by atoms with Crippen molar-refractivity contribution < 1.29 is 8.42 Å². The van der Waals surface area contributed by atoms with Gasteiger partial charge in [0.05, 0.1) is 11.9 Å². The Balaban J connectivity index is 2.12. The lowest BCUT2D eigenvalue weighted by Crippen LogP contribution is -2.43. The number of aromatic nitrogens is 2. The van der Waals surface area contributed by atoms with E-state index in [2.05, 4.69) is 42.7 Å². The van der Waals surface area contributed by atoms with Crippen LogP contribution in [0.25, 0.3) is 0 Å². The molecule has 0 amide bonds. The molecule has 1 aliphatic heterocycles. The van der Waals surface area contributed by atoms with Gasteiger partial charge in [-0.1, -0.05) is 20.3 Å². The van der Waals surface area contributed by atoms with Crippen LogP contribution in [0.15, 0.2) is 11.4 Å². The standard InChI is InChI=1S/C17H32N4O2S/c1-14(2)11-21-16(10-18-17(21)24(5,22)23)13-19(3)12-15-8-6-7-9-20(15)4/h10,14-15H,6-9,11-13H2,1-5H3. The number of hydrogen-bond acceptors (Lipinski definition) is 5. The number of imidazole rings is 1. The van der Waals surface area contributed by atoms with Gasteiger partial charge in [-0.3, -0.25) is 4.90 Å². The molecule has 0 saturated carbocycles. The molecule has 2 heterocycles. The third kappa shape index (κ3) is 5.04. The number of likely N-dealkylation sites (N-methyl/N-ethyl adjacent to an activating group) is 2. The van der Waals surface area contributed by atoms with E-state index in [4.69, 9.17) is 0 Å². The van der Waals surface area contributed by atoms with Gasteiger partial charge in [0.25, 0.3) is 0 Å². The van der Waals surface area contributed by atoms with Gasteiger partial charge < -0.3 is 9.47 Å². The van der Waals surface area contributed by atoms with Gasteiger partial charge in [0.2, 0.25) is 15.0 Å². The van der Waals surface area contributed by atoms with Crippen molar-refractivity contribution in [2.45, 2.75) is 57.4 Å². The van der Waals surface area contributed by atoms with Crippen LogP contribution in [0.3, 0.4) is 0 Å². The van der Waals surface area contributed by atoms with E-state index in [0.29, 0.717) is 18.5 Å². The number of piperidine rings is 1. The van der Waals surface area contributed by atoms with Crippen LogP contribution in [0.4, 0.5) is 0 Å². The van der Waals surface area contributed by atoms with Crippen molar-refractivity contribution in [1.29, 1.82) is 0 Å². The molecule has 7 heteroatoms. The highest BCUT2D eigenvalue weighted by Gasteiger charge is 2.23. The highest BCUT2D eigenvalue weighted by Crippen LogP contribution is 2.18. The van der Waals surface area contributed by atoms with Crippen LogP contribution < -0.4 is 0 Å². The fraction of sp³-hybridized carbons (Fsp3) is 0.824. The van der Waals surface area contributed by atoms with Crippen molar-refractivity contribution in [3.8, 4) is 0 Å². The average molecular weight is 357 g/mol. The molecule has 138 valence electrons. The molecule has 0 aliphatic carbocycles. The Hall–Kier alpha value is -0.920. The second kappa shape index (κ2) is 7.97. The maximum atomic E-state index is 12.0. The van der Waals surface area contributed by atoms with Crippen molar-refractivity contribution >= 4 is 9.84 Å². The first-order chi connectivity index (χ1) is 11.2. The maximum absolute atomic E-state index is 12.0. The highest BCUT2D eigenvalue weighted by atomic mass is 32.2. The van der Waals surface area contributed by atoms with Crippen LogP contribution in [-0.2, 0) is 22.9 Å². The summed E-state index contributed by atoms with van der Waals surface area (Å²) < 4.78 is 25.9. The van der Waals surface area contributed by atoms with Gasteiger partial charge in [0, 0.05) is 31.9 Å². The number of nitrogens with zero attached hydrogens (tertiary/aromatic N) is 4. The van der Waals surface area contributed by atoms with Gasteiger partial charge in [0.1, 0.15) is 0 Å². The molecule has 1 aliphatic rings. The summed E-state index contributed by atoms with van der Waals surface area (Å²) in [7, 11) is 0.998. The van der Waals surface area contributed by atoms with Crippen molar-refractivity contribution in [3.63, 3.8) is 0 Å². The van der Waals surface area contributed by atoms with Gasteiger partial charge in [-0.2, -0.15) is 0 Å². The predicted octanol–water partition coefficient (Wildman–Crippen LogP) is 1.86. The van der Waals surface area contributed by atoms with E-state index in [0.717, 1.165) is 18.8 Å². The SMILES string of the molecule is CC(C)Cn1c(CN(C)CC2CCCCN2C)cnc1S(C)(=O)=O. The Labute approximate surface area is 146 Å². The first-order valence-corrected chi connectivity index (χ1v) is 10.7. The predicted molar refractivity (Wildman–Crippen MR) is 96.8 cm³/mol. The summed E-state index contributed by atoms with van der Waals surface area (Å²) in [6, 6.07) is 0.583. The van der Waals surface area contributed by atoms with E-state index in [1.165, 1.54) is 32.1 Å². The van der Waals surface area contributed by atoms with Gasteiger partial charge >= 0.3 is 0 Å². The topological polar surface area (TPSA) is 58.4 Å². The van der Waals surface area contributed by atoms with Gasteiger partial charge in [-0.05, 0) is 39.4 Å². The molecule has 24 heavy (non-hydrogen) atoms. The summed E-state index contributed by atoms with van der Waals surface area (Å²) in [6.45, 7) is 7.75. The summed E-state index contributed by atoms with van der Waals surface area (Å²) in [5, 5.41) is 0.189. The van der Waals surface area contributed by atoms with E-state index >= 15 is 0 Å². The zero-order valence-corrected chi connectivity index (χ0v) is 16.5. The zero-order valence-electron chi connectivity index (χ0n) is 15.7. The van der Waals surface area contributed by atoms with Crippen LogP contribution >= 0.6 is 0 Å². The van der Waals surface area contributed by atoms with E-state index in [9.17, 15) is 8.42 Å². The fourth-order valence-corrected chi connectivity index (χ4v) is 4.29. The normalized spacial score (nSPS) is 20.2. The molecule has 0 aromatic carbocycles. The Morgan fingerprint density at radius 2 is 2.08 bits per heavy atom. The Bertz CT molecular complexity index is 639. The first kappa shape index (κ1) is 19.4. The molecule has 1 aromatic heterocycles. The molecular formula is C17H32N4O2S. The Kier molecular flexibility index (Phi) is 6.45. The number of hydrogen-bond donors (Lipinski definition) is 0. The van der Waals surface area contributed by atoms with Gasteiger partial charge in [0.15, 0.2) is 0 Å². The molecule has 1 aromatic rings. The van der Waals surface area contributed by atoms with Crippen LogP contribution in [0.2, 0.25) is 0 Å². The Morgan fingerprint density at radius 3 is 2.67 bits per heavy atom. The lowest BCUT2D eigenvalue weighted by atomic mass is 10.0. The summed E-state index contributed by atoms with van der Waals surface area (Å²) in [5.74, 6) is 0.369. The van der Waals surface area contributed by atoms with Crippen molar-refractivity contribution in [2.24, 2.45) is 5.92 Å². The molecule has 1 atom stereocenters. The zero-order chi connectivity index (χ0) is 17.9. The quantitative estimate of drug-likeness (QED) is 0.746. The summed E-state index contributed by atoms with van der Waals surface area (Å²) in [5.41, 5.74) is 0.977. The Morgan fingerprint density at radius 1 is 1.38 bits per heavy atom. The van der Waals surface area contributed by atoms with E-state index in [1.54, 1.807) is 6.20 Å². The monoisotopic (exact) mass is 356 g/mol. The van der Waals surface area contributed by atoms with Crippen molar-refractivity contribution in [1.82, 2.24) is 19.4 Å². The lowest BCUT2D eigenvalue weighted by molar-refractivity contribution is 0.137. The van der Waals surface area contributed by atoms with E-state index < -0.39 is 9.84 Å². The number of likely N-dealkylation sites (tertiary alicyclic amines) is 1. The van der Waals surface area contributed by atoms with Crippen LogP contribution in [-0.4, -0.2) is 67.3 Å². The third-order valence-electron chi connectivity index (χ3n) is 4.66. The molecule has 0 N–H and O–H groups in total. The molecule has 0 radical (unpaired) electrons. The second-order valence-corrected chi connectivity index (χ2v) is 9.55. The second-order valence-electron chi connectivity index (χ2n) is 7.64. The largest absolute Gasteiger partial charge is 0.317 e. The van der Waals surface area contributed by atoms with E-state index in [1.807, 2.05) is 4.57 Å². The molecule has 0 bridgehead atoms. The molecule has 2 rings (SSSR count). The lowest BCUT2D eigenvalue weighted by Gasteiger charge is -2.35. The first-order valence-electron chi connectivity index (χ1n) is 8.81. The smallest absolute Gasteiger partial charge is 0.227 e. The fourth-order valence-electron chi connectivity index (χ4n) is 3.45. The highest BCUT2D eigenvalue weighted by molar-refractivity contribution is 7.90. The van der Waals surface area contributed by atoms with Crippen molar-refractivity contribution in [2.75, 3.05) is 33.4 Å². The molecule has 0 spiro atoms. The van der Waals surface area contributed by atoms with Gasteiger partial charge in [-0.25, -0.2) is 13.4 Å². The van der Waals surface area contributed by atoms with E-state index in [-0.39, 0.29) is 5.16 Å². The maximum Gasteiger partial charge on any atom is 0.227 e. The minimum absolute atomic E-state index is 0.189. The minimum atomic E-state index is -3.30. The third-order valence-corrected chi connectivity index (χ3v) is 5.65. The molecule has 6 nitrogen and oxygen atoms in total. The minimum Gasteiger partial charge on any atom is -0.317 e. The molecule has 1 saturated heterocycles. The molecule has 1 fully saturated rings. The summed E-state index contributed by atoms with van der Waals surface area (Å²) in [6.07, 6.45) is 6.78. The number of sulfone groups is 1.